The third kappa shape index (κ3) is 3.21. The summed E-state index contributed by atoms with van der Waals surface area (Å²) in [7, 11) is 1.84. The van der Waals surface area contributed by atoms with E-state index in [1.165, 1.54) is 16.8 Å². The molecular weight excluding hydrogens is 262 g/mol. The number of likely N-dealkylation sites (N-methyl/N-ethyl adjacent to an activating group) is 1. The molecule has 1 N–H and O–H groups in total. The number of aryl methyl sites for hydroxylation is 1. The monoisotopic (exact) mass is 289 g/mol. The van der Waals surface area contributed by atoms with Crippen LogP contribution < -0.4 is 10.2 Å². The zero-order chi connectivity index (χ0) is 15.6. The smallest absolute Gasteiger partial charge is 0.242 e. The number of hydrogen-bond acceptors (Lipinski definition) is 3. The number of amides is 1. The molecule has 0 atom stereocenters. The van der Waals surface area contributed by atoms with Crippen molar-refractivity contribution in [1.29, 1.82) is 0 Å². The minimum atomic E-state index is -0.485. The van der Waals surface area contributed by atoms with Crippen LogP contribution in [0.4, 0.5) is 5.69 Å². The van der Waals surface area contributed by atoms with Gasteiger partial charge in [0, 0.05) is 31.9 Å². The van der Waals surface area contributed by atoms with Gasteiger partial charge in [0.05, 0.1) is 5.54 Å². The lowest BCUT2D eigenvalue weighted by Gasteiger charge is -2.40. The minimum absolute atomic E-state index is 0.186. The van der Waals surface area contributed by atoms with E-state index in [9.17, 15) is 4.79 Å². The number of carbonyl (C=O) groups is 1. The van der Waals surface area contributed by atoms with Crippen LogP contribution in [-0.2, 0) is 4.79 Å². The van der Waals surface area contributed by atoms with Crippen LogP contribution in [0.25, 0.3) is 0 Å². The van der Waals surface area contributed by atoms with Crippen molar-refractivity contribution in [3.63, 3.8) is 0 Å². The van der Waals surface area contributed by atoms with Crippen LogP contribution in [0.2, 0.25) is 0 Å². The van der Waals surface area contributed by atoms with Crippen molar-refractivity contribution in [3.05, 3.63) is 29.3 Å². The van der Waals surface area contributed by atoms with E-state index in [-0.39, 0.29) is 5.91 Å². The molecule has 1 aromatic carbocycles. The van der Waals surface area contributed by atoms with Crippen LogP contribution in [0.15, 0.2) is 18.2 Å². The Bertz CT molecular complexity index is 517. The second-order valence-corrected chi connectivity index (χ2v) is 6.37. The maximum Gasteiger partial charge on any atom is 0.242 e. The van der Waals surface area contributed by atoms with Gasteiger partial charge in [0.25, 0.3) is 0 Å². The Morgan fingerprint density at radius 3 is 2.33 bits per heavy atom. The van der Waals surface area contributed by atoms with Gasteiger partial charge in [-0.1, -0.05) is 12.1 Å². The molecule has 0 saturated carbocycles. The maximum atomic E-state index is 12.5. The SMILES string of the molecule is CNC(C)(C)C(=O)N1CCN(c2cccc(C)c2C)CC1. The molecule has 4 heteroatoms. The lowest BCUT2D eigenvalue weighted by Crippen LogP contribution is -2.58. The van der Waals surface area contributed by atoms with E-state index in [1.807, 2.05) is 25.8 Å². The fourth-order valence-corrected chi connectivity index (χ4v) is 2.73. The molecule has 1 aromatic rings. The molecular formula is C17H27N3O. The van der Waals surface area contributed by atoms with Crippen molar-refractivity contribution < 1.29 is 4.79 Å². The first kappa shape index (κ1) is 15.8. The van der Waals surface area contributed by atoms with Gasteiger partial charge in [-0.2, -0.15) is 0 Å². The van der Waals surface area contributed by atoms with Crippen LogP contribution in [0.5, 0.6) is 0 Å². The van der Waals surface area contributed by atoms with Crippen molar-refractivity contribution in [2.45, 2.75) is 33.2 Å². The van der Waals surface area contributed by atoms with Gasteiger partial charge in [-0.15, -0.1) is 0 Å². The molecule has 1 fully saturated rings. The fourth-order valence-electron chi connectivity index (χ4n) is 2.73. The summed E-state index contributed by atoms with van der Waals surface area (Å²) >= 11 is 0. The van der Waals surface area contributed by atoms with E-state index in [0.717, 1.165) is 26.2 Å². The third-order valence-corrected chi connectivity index (χ3v) is 4.64. The van der Waals surface area contributed by atoms with E-state index in [4.69, 9.17) is 0 Å². The Kier molecular flexibility index (Phi) is 4.57. The molecule has 0 spiro atoms. The van der Waals surface area contributed by atoms with Gasteiger partial charge in [-0.25, -0.2) is 0 Å². The van der Waals surface area contributed by atoms with Crippen molar-refractivity contribution >= 4 is 11.6 Å². The highest BCUT2D eigenvalue weighted by Gasteiger charge is 2.32. The van der Waals surface area contributed by atoms with Gasteiger partial charge in [-0.05, 0) is 51.9 Å². The molecule has 21 heavy (non-hydrogen) atoms. The molecule has 0 radical (unpaired) electrons. The number of benzene rings is 1. The third-order valence-electron chi connectivity index (χ3n) is 4.64. The van der Waals surface area contributed by atoms with Gasteiger partial charge >= 0.3 is 0 Å². The van der Waals surface area contributed by atoms with Crippen molar-refractivity contribution in [3.8, 4) is 0 Å². The van der Waals surface area contributed by atoms with Gasteiger partial charge < -0.3 is 15.1 Å². The average molecular weight is 289 g/mol. The van der Waals surface area contributed by atoms with Gasteiger partial charge in [-0.3, -0.25) is 4.79 Å². The summed E-state index contributed by atoms with van der Waals surface area (Å²) in [5.41, 5.74) is 3.48. The number of nitrogens with one attached hydrogen (secondary N) is 1. The summed E-state index contributed by atoms with van der Waals surface area (Å²) in [6.45, 7) is 11.6. The number of carbonyl (C=O) groups excluding carboxylic acids is 1. The normalized spacial score (nSPS) is 16.2. The first-order valence-electron chi connectivity index (χ1n) is 7.66. The summed E-state index contributed by atoms with van der Waals surface area (Å²) in [6.07, 6.45) is 0. The standard InChI is InChI=1S/C17H27N3O/c1-13-7-6-8-15(14(13)2)19-9-11-20(12-10-19)16(21)17(3,4)18-5/h6-8,18H,9-12H2,1-5H3. The molecule has 1 aliphatic rings. The van der Waals surface area contributed by atoms with Crippen LogP contribution in [0.1, 0.15) is 25.0 Å². The molecule has 0 unspecified atom stereocenters. The predicted octanol–water partition coefficient (Wildman–Crippen LogP) is 1.95. The van der Waals surface area contributed by atoms with Crippen LogP contribution >= 0.6 is 0 Å². The second kappa shape index (κ2) is 6.06. The molecule has 2 rings (SSSR count). The molecule has 1 amide bonds. The fraction of sp³-hybridized carbons (Fsp3) is 0.588. The summed E-state index contributed by atoms with van der Waals surface area (Å²) in [5.74, 6) is 0.186. The number of piperazine rings is 1. The molecule has 0 bridgehead atoms. The average Bonchev–Trinajstić information content (AvgIpc) is 2.49. The van der Waals surface area contributed by atoms with Gasteiger partial charge in [0.2, 0.25) is 5.91 Å². The van der Waals surface area contributed by atoms with E-state index >= 15 is 0 Å². The van der Waals surface area contributed by atoms with E-state index in [2.05, 4.69) is 42.3 Å². The Morgan fingerprint density at radius 1 is 1.14 bits per heavy atom. The highest BCUT2D eigenvalue weighted by molar-refractivity contribution is 5.85. The number of hydrogen-bond donors (Lipinski definition) is 1. The summed E-state index contributed by atoms with van der Waals surface area (Å²) in [5, 5.41) is 3.09. The molecule has 1 aliphatic heterocycles. The van der Waals surface area contributed by atoms with Crippen LogP contribution in [0, 0.1) is 13.8 Å². The molecule has 1 heterocycles. The molecule has 1 saturated heterocycles. The lowest BCUT2D eigenvalue weighted by molar-refractivity contribution is -0.137. The highest BCUT2D eigenvalue weighted by atomic mass is 16.2. The molecule has 0 aromatic heterocycles. The Labute approximate surface area is 128 Å². The Morgan fingerprint density at radius 2 is 1.76 bits per heavy atom. The van der Waals surface area contributed by atoms with E-state index in [0.29, 0.717) is 0 Å². The van der Waals surface area contributed by atoms with E-state index < -0.39 is 5.54 Å². The van der Waals surface area contributed by atoms with Crippen molar-refractivity contribution in [1.82, 2.24) is 10.2 Å². The first-order valence-corrected chi connectivity index (χ1v) is 7.66. The molecule has 0 aliphatic carbocycles. The van der Waals surface area contributed by atoms with Crippen molar-refractivity contribution in [2.24, 2.45) is 0 Å². The highest BCUT2D eigenvalue weighted by Crippen LogP contribution is 2.24. The maximum absolute atomic E-state index is 12.5. The van der Waals surface area contributed by atoms with Gasteiger partial charge in [0.15, 0.2) is 0 Å². The molecule has 4 nitrogen and oxygen atoms in total. The zero-order valence-electron chi connectivity index (χ0n) is 13.9. The number of rotatable bonds is 3. The summed E-state index contributed by atoms with van der Waals surface area (Å²) in [6, 6.07) is 6.44. The molecule has 116 valence electrons. The van der Waals surface area contributed by atoms with Gasteiger partial charge in [0.1, 0.15) is 0 Å². The summed E-state index contributed by atoms with van der Waals surface area (Å²) < 4.78 is 0. The predicted molar refractivity (Wildman–Crippen MR) is 87.8 cm³/mol. The lowest BCUT2D eigenvalue weighted by atomic mass is 10.0. The second-order valence-electron chi connectivity index (χ2n) is 6.37. The topological polar surface area (TPSA) is 35.6 Å². The van der Waals surface area contributed by atoms with Crippen LogP contribution in [-0.4, -0.2) is 49.6 Å². The Balaban J connectivity index is 2.04. The zero-order valence-corrected chi connectivity index (χ0v) is 13.9. The first-order chi connectivity index (χ1) is 9.86. The number of anilines is 1. The quantitative estimate of drug-likeness (QED) is 0.924. The van der Waals surface area contributed by atoms with E-state index in [1.54, 1.807) is 0 Å². The van der Waals surface area contributed by atoms with Crippen LogP contribution in [0.3, 0.4) is 0 Å². The number of nitrogens with zero attached hydrogens (tertiary/aromatic N) is 2. The van der Waals surface area contributed by atoms with Crippen molar-refractivity contribution in [2.75, 3.05) is 38.1 Å². The minimum Gasteiger partial charge on any atom is -0.368 e. The largest absolute Gasteiger partial charge is 0.368 e. The Hall–Kier alpha value is -1.55. The summed E-state index contributed by atoms with van der Waals surface area (Å²) in [4.78, 5) is 16.8.